The third kappa shape index (κ3) is 4.20. The Bertz CT molecular complexity index is 982. The van der Waals surface area contributed by atoms with Gasteiger partial charge in [0.05, 0.1) is 12.1 Å². The lowest BCUT2D eigenvalue weighted by Gasteiger charge is -2.50. The molecule has 0 aromatic heterocycles. The SMILES string of the molecule is CC(N=C1C2CCN(CC2)C1C(c1ccccc1)c1ccccc1)c1ccc(Cl)cc1. The molecule has 3 saturated heterocycles. The van der Waals surface area contributed by atoms with Crippen LogP contribution in [0, 0.1) is 5.92 Å². The lowest BCUT2D eigenvalue weighted by atomic mass is 9.72. The Morgan fingerprint density at radius 2 is 1.32 bits per heavy atom. The number of hydrogen-bond acceptors (Lipinski definition) is 2. The van der Waals surface area contributed by atoms with Crippen molar-refractivity contribution in [3.63, 3.8) is 0 Å². The third-order valence-corrected chi connectivity index (χ3v) is 7.22. The van der Waals surface area contributed by atoms with Crippen LogP contribution in [-0.2, 0) is 0 Å². The van der Waals surface area contributed by atoms with E-state index < -0.39 is 0 Å². The lowest BCUT2D eigenvalue weighted by molar-refractivity contribution is 0.135. The smallest absolute Gasteiger partial charge is 0.0721 e. The van der Waals surface area contributed by atoms with E-state index in [-0.39, 0.29) is 6.04 Å². The zero-order valence-electron chi connectivity index (χ0n) is 18.0. The van der Waals surface area contributed by atoms with Gasteiger partial charge in [-0.05, 0) is 61.7 Å². The normalized spacial score (nSPS) is 25.1. The number of piperidine rings is 3. The van der Waals surface area contributed by atoms with Crippen LogP contribution < -0.4 is 0 Å². The summed E-state index contributed by atoms with van der Waals surface area (Å²) in [6.45, 7) is 4.55. The van der Waals surface area contributed by atoms with Gasteiger partial charge in [0.15, 0.2) is 0 Å². The summed E-state index contributed by atoms with van der Waals surface area (Å²) in [6.07, 6.45) is 2.44. The van der Waals surface area contributed by atoms with E-state index in [9.17, 15) is 0 Å². The molecule has 0 radical (unpaired) electrons. The average Bonchev–Trinajstić information content (AvgIpc) is 2.83. The molecule has 2 bridgehead atoms. The molecule has 0 spiro atoms. The molecule has 0 aliphatic carbocycles. The monoisotopic (exact) mass is 428 g/mol. The molecule has 0 saturated carbocycles. The standard InChI is InChI=1S/C28H29ClN2/c1-20(21-12-14-25(29)15-13-21)30-27-24-16-18-31(19-17-24)28(27)26(22-8-4-2-5-9-22)23-10-6-3-7-11-23/h2-15,20,24,26,28H,16-19H2,1H3. The van der Waals surface area contributed by atoms with Crippen molar-refractivity contribution in [2.75, 3.05) is 13.1 Å². The molecule has 3 aromatic rings. The van der Waals surface area contributed by atoms with E-state index in [4.69, 9.17) is 16.6 Å². The molecule has 3 aliphatic rings. The molecule has 158 valence electrons. The maximum absolute atomic E-state index is 6.12. The Morgan fingerprint density at radius 1 is 0.774 bits per heavy atom. The highest BCUT2D eigenvalue weighted by molar-refractivity contribution is 6.30. The van der Waals surface area contributed by atoms with Crippen LogP contribution in [0.2, 0.25) is 5.02 Å². The molecule has 3 fully saturated rings. The highest BCUT2D eigenvalue weighted by atomic mass is 35.5. The predicted molar refractivity (Wildman–Crippen MR) is 130 cm³/mol. The van der Waals surface area contributed by atoms with Crippen LogP contribution in [0.15, 0.2) is 89.9 Å². The van der Waals surface area contributed by atoms with Gasteiger partial charge in [0.1, 0.15) is 0 Å². The molecule has 31 heavy (non-hydrogen) atoms. The van der Waals surface area contributed by atoms with Crippen LogP contribution >= 0.6 is 11.6 Å². The van der Waals surface area contributed by atoms with E-state index in [1.54, 1.807) is 0 Å². The van der Waals surface area contributed by atoms with Crippen molar-refractivity contribution in [2.45, 2.75) is 37.8 Å². The Labute approximate surface area is 190 Å². The fourth-order valence-corrected chi connectivity index (χ4v) is 5.51. The van der Waals surface area contributed by atoms with Crippen molar-refractivity contribution in [2.24, 2.45) is 10.9 Å². The summed E-state index contributed by atoms with van der Waals surface area (Å²) < 4.78 is 0. The molecule has 2 unspecified atom stereocenters. The molecular weight excluding hydrogens is 400 g/mol. The molecule has 2 atom stereocenters. The third-order valence-electron chi connectivity index (χ3n) is 6.97. The molecule has 0 amide bonds. The van der Waals surface area contributed by atoms with E-state index in [1.807, 2.05) is 12.1 Å². The maximum Gasteiger partial charge on any atom is 0.0721 e. The molecule has 3 heteroatoms. The van der Waals surface area contributed by atoms with Crippen molar-refractivity contribution in [3.05, 3.63) is 107 Å². The highest BCUT2D eigenvalue weighted by Gasteiger charge is 2.44. The second-order valence-electron chi connectivity index (χ2n) is 8.84. The molecule has 3 aromatic carbocycles. The number of halogens is 1. The number of benzene rings is 3. The number of nitrogens with zero attached hydrogens (tertiary/aromatic N) is 2. The molecule has 2 nitrogen and oxygen atoms in total. The van der Waals surface area contributed by atoms with Crippen molar-refractivity contribution in [3.8, 4) is 0 Å². The van der Waals surface area contributed by atoms with Gasteiger partial charge in [-0.2, -0.15) is 0 Å². The highest BCUT2D eigenvalue weighted by Crippen LogP contribution is 2.41. The second-order valence-corrected chi connectivity index (χ2v) is 9.27. The van der Waals surface area contributed by atoms with Gasteiger partial charge in [0, 0.05) is 22.6 Å². The largest absolute Gasteiger partial charge is 0.294 e. The first kappa shape index (κ1) is 20.5. The van der Waals surface area contributed by atoms with E-state index in [1.165, 1.54) is 48.3 Å². The first-order chi connectivity index (χ1) is 15.2. The van der Waals surface area contributed by atoms with Crippen molar-refractivity contribution >= 4 is 17.3 Å². The van der Waals surface area contributed by atoms with Crippen molar-refractivity contribution in [1.82, 2.24) is 4.90 Å². The summed E-state index contributed by atoms with van der Waals surface area (Å²) in [4.78, 5) is 8.08. The van der Waals surface area contributed by atoms with Gasteiger partial charge >= 0.3 is 0 Å². The Kier molecular flexibility index (Phi) is 5.93. The van der Waals surface area contributed by atoms with Gasteiger partial charge in [-0.3, -0.25) is 9.89 Å². The molecule has 3 heterocycles. The Morgan fingerprint density at radius 3 is 1.87 bits per heavy atom. The fraction of sp³-hybridized carbons (Fsp3) is 0.321. The fourth-order valence-electron chi connectivity index (χ4n) is 5.38. The Hall–Kier alpha value is -2.42. The molecule has 0 N–H and O–H groups in total. The Balaban J connectivity index is 1.59. The zero-order chi connectivity index (χ0) is 21.2. The second kappa shape index (κ2) is 8.98. The van der Waals surface area contributed by atoms with Crippen LogP contribution in [-0.4, -0.2) is 29.7 Å². The molecule has 3 aliphatic heterocycles. The summed E-state index contributed by atoms with van der Waals surface area (Å²) in [7, 11) is 0. The summed E-state index contributed by atoms with van der Waals surface area (Å²) >= 11 is 6.12. The summed E-state index contributed by atoms with van der Waals surface area (Å²) in [5, 5.41) is 0.775. The maximum atomic E-state index is 6.12. The summed E-state index contributed by atoms with van der Waals surface area (Å²) in [5.41, 5.74) is 5.36. The van der Waals surface area contributed by atoms with Crippen LogP contribution in [0.5, 0.6) is 0 Å². The van der Waals surface area contributed by atoms with Crippen LogP contribution in [0.25, 0.3) is 0 Å². The van der Waals surface area contributed by atoms with Crippen molar-refractivity contribution < 1.29 is 0 Å². The topological polar surface area (TPSA) is 15.6 Å². The van der Waals surface area contributed by atoms with Gasteiger partial charge < -0.3 is 0 Å². The van der Waals surface area contributed by atoms with Gasteiger partial charge in [0.25, 0.3) is 0 Å². The summed E-state index contributed by atoms with van der Waals surface area (Å²) in [6, 6.07) is 30.6. The first-order valence-electron chi connectivity index (χ1n) is 11.4. The van der Waals surface area contributed by atoms with Crippen LogP contribution in [0.4, 0.5) is 0 Å². The van der Waals surface area contributed by atoms with Gasteiger partial charge in [-0.15, -0.1) is 0 Å². The molecular formula is C28H29ClN2. The number of hydrogen-bond donors (Lipinski definition) is 0. The quantitative estimate of drug-likeness (QED) is 0.437. The number of aliphatic imine (C=N–C) groups is 1. The molecule has 6 rings (SSSR count). The van der Waals surface area contributed by atoms with Crippen LogP contribution in [0.1, 0.15) is 48.4 Å². The zero-order valence-corrected chi connectivity index (χ0v) is 18.7. The van der Waals surface area contributed by atoms with Gasteiger partial charge in [0.2, 0.25) is 0 Å². The van der Waals surface area contributed by atoms with Gasteiger partial charge in [-0.25, -0.2) is 0 Å². The van der Waals surface area contributed by atoms with Crippen molar-refractivity contribution in [1.29, 1.82) is 0 Å². The number of rotatable bonds is 5. The minimum Gasteiger partial charge on any atom is -0.294 e. The average molecular weight is 429 g/mol. The van der Waals surface area contributed by atoms with Crippen LogP contribution in [0.3, 0.4) is 0 Å². The van der Waals surface area contributed by atoms with E-state index in [2.05, 4.69) is 84.6 Å². The van der Waals surface area contributed by atoms with E-state index in [0.717, 1.165) is 5.02 Å². The minimum atomic E-state index is 0.127. The summed E-state index contributed by atoms with van der Waals surface area (Å²) in [5.74, 6) is 0.876. The first-order valence-corrected chi connectivity index (χ1v) is 11.8. The van der Waals surface area contributed by atoms with E-state index in [0.29, 0.717) is 17.9 Å². The minimum absolute atomic E-state index is 0.127. The number of fused-ring (bicyclic) bond motifs is 3. The lowest BCUT2D eigenvalue weighted by Crippen LogP contribution is -2.58. The van der Waals surface area contributed by atoms with E-state index >= 15 is 0 Å². The van der Waals surface area contributed by atoms with Gasteiger partial charge in [-0.1, -0.05) is 84.4 Å². The predicted octanol–water partition coefficient (Wildman–Crippen LogP) is 6.77.